The highest BCUT2D eigenvalue weighted by Crippen LogP contribution is 2.20. The zero-order valence-electron chi connectivity index (χ0n) is 16.1. The number of ether oxygens (including phenoxy) is 1. The molecule has 0 aliphatic carbocycles. The van der Waals surface area contributed by atoms with Gasteiger partial charge in [-0.15, -0.1) is 24.0 Å². The fraction of sp³-hybridized carbons (Fsp3) is 0.333. The normalized spacial score (nSPS) is 10.5. The molecule has 2 N–H and O–H groups in total. The molecule has 0 bridgehead atoms. The van der Waals surface area contributed by atoms with Crippen LogP contribution in [0.25, 0.3) is 0 Å². The highest BCUT2D eigenvalue weighted by molar-refractivity contribution is 14.0. The lowest BCUT2D eigenvalue weighted by molar-refractivity contribution is 0.313. The molecule has 0 saturated carbocycles. The van der Waals surface area contributed by atoms with Crippen molar-refractivity contribution >= 4 is 29.9 Å². The molecule has 6 heteroatoms. The molecule has 5 nitrogen and oxygen atoms in total. The standard InChI is InChI=1S/C21H26N4O.HI/c1-4-11-26-20-12-16(2)5-10-19(20)15-25-21(23-3)24-14-18-8-6-17(13-22)7-9-18;/h5-10,12H,4,11,14-15H2,1-3H3,(H2,23,24,25);1H. The molecule has 0 heterocycles. The number of guanidine groups is 1. The van der Waals surface area contributed by atoms with Gasteiger partial charge in [-0.25, -0.2) is 0 Å². The van der Waals surface area contributed by atoms with Crippen molar-refractivity contribution in [1.29, 1.82) is 5.26 Å². The third-order valence-corrected chi connectivity index (χ3v) is 3.90. The molecule has 144 valence electrons. The summed E-state index contributed by atoms with van der Waals surface area (Å²) in [6.07, 6.45) is 0.981. The molecule has 0 amide bonds. The minimum atomic E-state index is 0. The highest BCUT2D eigenvalue weighted by Gasteiger charge is 2.06. The lowest BCUT2D eigenvalue weighted by Crippen LogP contribution is -2.36. The lowest BCUT2D eigenvalue weighted by Gasteiger charge is -2.15. The number of aryl methyl sites for hydroxylation is 1. The Kier molecular flexibility index (Phi) is 10.3. The lowest BCUT2D eigenvalue weighted by atomic mass is 10.1. The third-order valence-electron chi connectivity index (χ3n) is 3.90. The Morgan fingerprint density at radius 2 is 1.81 bits per heavy atom. The third kappa shape index (κ3) is 7.47. The number of nitrogens with one attached hydrogen (secondary N) is 2. The van der Waals surface area contributed by atoms with Gasteiger partial charge in [0.05, 0.1) is 18.2 Å². The molecule has 0 aliphatic heterocycles. The molecule has 0 aliphatic rings. The Bertz CT molecular complexity index is 782. The number of aliphatic imine (C=N–C) groups is 1. The Balaban J connectivity index is 0.00000364. The van der Waals surface area contributed by atoms with Gasteiger partial charge in [-0.05, 0) is 42.7 Å². The molecule has 0 atom stereocenters. The number of hydrogen-bond acceptors (Lipinski definition) is 3. The van der Waals surface area contributed by atoms with E-state index in [9.17, 15) is 0 Å². The minimum absolute atomic E-state index is 0. The molecular formula is C21H27IN4O. The van der Waals surface area contributed by atoms with Crippen molar-refractivity contribution in [2.75, 3.05) is 13.7 Å². The molecule has 27 heavy (non-hydrogen) atoms. The smallest absolute Gasteiger partial charge is 0.191 e. The number of rotatable bonds is 7. The van der Waals surface area contributed by atoms with Crippen LogP contribution in [0, 0.1) is 18.3 Å². The van der Waals surface area contributed by atoms with E-state index in [4.69, 9.17) is 10.00 Å². The van der Waals surface area contributed by atoms with Gasteiger partial charge in [0.1, 0.15) is 5.75 Å². The second-order valence-electron chi connectivity index (χ2n) is 6.05. The minimum Gasteiger partial charge on any atom is -0.493 e. The van der Waals surface area contributed by atoms with Crippen LogP contribution in [0.5, 0.6) is 5.75 Å². The quantitative estimate of drug-likeness (QED) is 0.357. The first-order valence-corrected chi connectivity index (χ1v) is 8.82. The van der Waals surface area contributed by atoms with Crippen molar-refractivity contribution < 1.29 is 4.74 Å². The van der Waals surface area contributed by atoms with Gasteiger partial charge in [0.2, 0.25) is 0 Å². The van der Waals surface area contributed by atoms with Gasteiger partial charge in [-0.1, -0.05) is 31.2 Å². The average Bonchev–Trinajstić information content (AvgIpc) is 2.68. The predicted octanol–water partition coefficient (Wildman–Crippen LogP) is 4.14. The van der Waals surface area contributed by atoms with E-state index in [1.54, 1.807) is 7.05 Å². The van der Waals surface area contributed by atoms with Crippen LogP contribution in [-0.4, -0.2) is 19.6 Å². The largest absolute Gasteiger partial charge is 0.493 e. The van der Waals surface area contributed by atoms with Gasteiger partial charge < -0.3 is 15.4 Å². The topological polar surface area (TPSA) is 69.4 Å². The molecule has 2 aromatic carbocycles. The fourth-order valence-corrected chi connectivity index (χ4v) is 2.44. The first kappa shape index (κ1) is 22.8. The SMILES string of the molecule is CCCOc1cc(C)ccc1CNC(=NC)NCc1ccc(C#N)cc1.I. The van der Waals surface area contributed by atoms with Gasteiger partial charge in [0.25, 0.3) is 0 Å². The van der Waals surface area contributed by atoms with E-state index >= 15 is 0 Å². The predicted molar refractivity (Wildman–Crippen MR) is 121 cm³/mol. The molecule has 2 aromatic rings. The summed E-state index contributed by atoms with van der Waals surface area (Å²) >= 11 is 0. The van der Waals surface area contributed by atoms with Crippen LogP contribution in [0.1, 0.15) is 35.6 Å². The second kappa shape index (κ2) is 12.2. The molecule has 0 radical (unpaired) electrons. The molecule has 0 saturated heterocycles. The Labute approximate surface area is 178 Å². The maximum absolute atomic E-state index is 8.85. The van der Waals surface area contributed by atoms with Crippen molar-refractivity contribution in [3.05, 3.63) is 64.7 Å². The zero-order valence-corrected chi connectivity index (χ0v) is 18.4. The van der Waals surface area contributed by atoms with Crippen LogP contribution in [0.2, 0.25) is 0 Å². The van der Waals surface area contributed by atoms with E-state index in [1.165, 1.54) is 5.56 Å². The van der Waals surface area contributed by atoms with Crippen molar-refractivity contribution in [2.45, 2.75) is 33.4 Å². The monoisotopic (exact) mass is 478 g/mol. The van der Waals surface area contributed by atoms with Gasteiger partial charge in [-0.3, -0.25) is 4.99 Å². The number of hydrogen-bond donors (Lipinski definition) is 2. The van der Waals surface area contributed by atoms with Crippen LogP contribution >= 0.6 is 24.0 Å². The highest BCUT2D eigenvalue weighted by atomic mass is 127. The van der Waals surface area contributed by atoms with Crippen LogP contribution in [-0.2, 0) is 13.1 Å². The maximum atomic E-state index is 8.85. The summed E-state index contributed by atoms with van der Waals surface area (Å²) in [7, 11) is 1.75. The van der Waals surface area contributed by atoms with Crippen molar-refractivity contribution in [3.8, 4) is 11.8 Å². The molecule has 2 rings (SSSR count). The summed E-state index contributed by atoms with van der Waals surface area (Å²) in [6.45, 7) is 6.14. The summed E-state index contributed by atoms with van der Waals surface area (Å²) < 4.78 is 5.86. The first-order valence-electron chi connectivity index (χ1n) is 8.82. The second-order valence-corrected chi connectivity index (χ2v) is 6.05. The summed E-state index contributed by atoms with van der Waals surface area (Å²) in [4.78, 5) is 4.26. The molecular weight excluding hydrogens is 451 g/mol. The van der Waals surface area contributed by atoms with Crippen molar-refractivity contribution in [1.82, 2.24) is 10.6 Å². The van der Waals surface area contributed by atoms with Gasteiger partial charge in [0, 0.05) is 25.7 Å². The van der Waals surface area contributed by atoms with Gasteiger partial charge in [-0.2, -0.15) is 5.26 Å². The first-order chi connectivity index (χ1) is 12.7. The molecule has 0 spiro atoms. The van der Waals surface area contributed by atoms with Crippen LogP contribution in [0.4, 0.5) is 0 Å². The number of benzene rings is 2. The molecule has 0 fully saturated rings. The zero-order chi connectivity index (χ0) is 18.8. The van der Waals surface area contributed by atoms with Crippen LogP contribution < -0.4 is 15.4 Å². The van der Waals surface area contributed by atoms with Gasteiger partial charge >= 0.3 is 0 Å². The van der Waals surface area contributed by atoms with E-state index < -0.39 is 0 Å². The summed E-state index contributed by atoms with van der Waals surface area (Å²) in [6, 6.07) is 15.9. The average molecular weight is 478 g/mol. The van der Waals surface area contributed by atoms with E-state index in [0.29, 0.717) is 25.3 Å². The number of halogens is 1. The Hall–Kier alpha value is -2.27. The molecule has 0 aromatic heterocycles. The summed E-state index contributed by atoms with van der Waals surface area (Å²) in [5, 5.41) is 15.5. The van der Waals surface area contributed by atoms with E-state index in [2.05, 4.69) is 53.7 Å². The van der Waals surface area contributed by atoms with Crippen molar-refractivity contribution in [3.63, 3.8) is 0 Å². The van der Waals surface area contributed by atoms with Crippen LogP contribution in [0.15, 0.2) is 47.5 Å². The van der Waals surface area contributed by atoms with Gasteiger partial charge in [0.15, 0.2) is 5.96 Å². The van der Waals surface area contributed by atoms with E-state index in [0.717, 1.165) is 29.3 Å². The number of nitriles is 1. The molecule has 0 unspecified atom stereocenters. The van der Waals surface area contributed by atoms with E-state index in [-0.39, 0.29) is 24.0 Å². The summed E-state index contributed by atoms with van der Waals surface area (Å²) in [5.74, 6) is 1.64. The Morgan fingerprint density at radius 1 is 1.11 bits per heavy atom. The maximum Gasteiger partial charge on any atom is 0.191 e. The fourth-order valence-electron chi connectivity index (χ4n) is 2.44. The summed E-state index contributed by atoms with van der Waals surface area (Å²) in [5.41, 5.74) is 4.04. The van der Waals surface area contributed by atoms with Crippen molar-refractivity contribution in [2.24, 2.45) is 4.99 Å². The number of nitrogens with zero attached hydrogens (tertiary/aromatic N) is 2. The van der Waals surface area contributed by atoms with Crippen LogP contribution in [0.3, 0.4) is 0 Å². The Morgan fingerprint density at radius 3 is 2.44 bits per heavy atom. The van der Waals surface area contributed by atoms with E-state index in [1.807, 2.05) is 24.3 Å².